The second kappa shape index (κ2) is 13.9. The minimum Gasteiger partial charge on any atom is -0.458 e. The van der Waals surface area contributed by atoms with Crippen LogP contribution in [-0.4, -0.2) is 6.71 Å². The maximum absolute atomic E-state index is 6.84. The molecule has 0 spiro atoms. The molecule has 7 heteroatoms. The fourth-order valence-corrected chi connectivity index (χ4v) is 10.2. The number of hydrogen-bond donors (Lipinski definition) is 0. The first-order valence-electron chi connectivity index (χ1n) is 21.9. The Hall–Kier alpha value is -8.68. The average Bonchev–Trinajstić information content (AvgIpc) is 3.90. The maximum atomic E-state index is 6.84. The Morgan fingerprint density at radius 1 is 0.292 bits per heavy atom. The summed E-state index contributed by atoms with van der Waals surface area (Å²) >= 11 is 0. The van der Waals surface area contributed by atoms with E-state index < -0.39 is 0 Å². The minimum atomic E-state index is -0.178. The zero-order chi connectivity index (χ0) is 42.6. The van der Waals surface area contributed by atoms with Crippen LogP contribution in [0.2, 0.25) is 0 Å². The summed E-state index contributed by atoms with van der Waals surface area (Å²) in [5.74, 6) is 3.16. The molecule has 2 aliphatic rings. The third-order valence-corrected chi connectivity index (χ3v) is 13.1. The predicted molar refractivity (Wildman–Crippen MR) is 266 cm³/mol. The Bertz CT molecular complexity index is 3830. The highest BCUT2D eigenvalue weighted by molar-refractivity contribution is 6.98. The van der Waals surface area contributed by atoms with Gasteiger partial charge in [0.1, 0.15) is 45.3 Å². The Balaban J connectivity index is 0.894. The van der Waals surface area contributed by atoms with Crippen LogP contribution in [0.3, 0.4) is 0 Å². The van der Waals surface area contributed by atoms with Crippen molar-refractivity contribution in [2.24, 2.45) is 0 Å². The summed E-state index contributed by atoms with van der Waals surface area (Å²) in [4.78, 5) is 4.54. The molecule has 14 rings (SSSR count). The van der Waals surface area contributed by atoms with Crippen LogP contribution in [-0.2, 0) is 0 Å². The zero-order valence-electron chi connectivity index (χ0n) is 34.8. The highest BCUT2D eigenvalue weighted by atomic mass is 16.5. The largest absolute Gasteiger partial charge is 0.458 e. The molecule has 0 bridgehead atoms. The van der Waals surface area contributed by atoms with Crippen LogP contribution in [0, 0.1) is 0 Å². The van der Waals surface area contributed by atoms with Gasteiger partial charge in [0, 0.05) is 73.3 Å². The molecule has 0 amide bonds. The first-order chi connectivity index (χ1) is 32.2. The fraction of sp³-hybridized carbons (Fsp3) is 0. The van der Waals surface area contributed by atoms with Crippen LogP contribution in [0.1, 0.15) is 0 Å². The van der Waals surface area contributed by atoms with Crippen molar-refractivity contribution in [3.05, 3.63) is 212 Å². The highest BCUT2D eigenvalue weighted by Crippen LogP contribution is 2.44. The fourth-order valence-electron chi connectivity index (χ4n) is 10.2. The van der Waals surface area contributed by atoms with E-state index in [4.69, 9.17) is 18.3 Å². The van der Waals surface area contributed by atoms with E-state index in [2.05, 4.69) is 186 Å². The van der Waals surface area contributed by atoms with Gasteiger partial charge < -0.3 is 28.1 Å². The molecule has 65 heavy (non-hydrogen) atoms. The van der Waals surface area contributed by atoms with Gasteiger partial charge >= 0.3 is 0 Å². The van der Waals surface area contributed by atoms with Crippen molar-refractivity contribution in [3.8, 4) is 23.0 Å². The first kappa shape index (κ1) is 35.9. The van der Waals surface area contributed by atoms with Gasteiger partial charge in [-0.05, 0) is 131 Å². The highest BCUT2D eigenvalue weighted by Gasteiger charge is 2.41. The summed E-state index contributed by atoms with van der Waals surface area (Å²) in [6.45, 7) is -0.178. The van der Waals surface area contributed by atoms with Gasteiger partial charge in [0.15, 0.2) is 0 Å². The van der Waals surface area contributed by atoms with Gasteiger partial charge in [-0.1, -0.05) is 91.0 Å². The second-order valence-electron chi connectivity index (χ2n) is 16.9. The first-order valence-corrected chi connectivity index (χ1v) is 21.9. The summed E-state index contributed by atoms with van der Waals surface area (Å²) in [6.07, 6.45) is 0. The number of anilines is 6. The Morgan fingerprint density at radius 2 is 0.723 bits per heavy atom. The molecule has 12 aromatic rings. The van der Waals surface area contributed by atoms with Crippen LogP contribution >= 0.6 is 0 Å². The number of fused-ring (bicyclic) bond motifs is 11. The third-order valence-electron chi connectivity index (χ3n) is 13.1. The number of benzene rings is 10. The molecule has 6 nitrogen and oxygen atoms in total. The predicted octanol–water partition coefficient (Wildman–Crippen LogP) is 14.3. The lowest BCUT2D eigenvalue weighted by molar-refractivity contribution is 0.465. The standard InChI is InChI=1S/C58H35BN2O4/c1-4-15-38(16-5-1)60(39-17-6-2-7-18-39)42-25-27-44-46-32-56-48(34-54(46)64-52(44)30-42)59-49-35-55-47(33-57(49)63-51-22-12-21-50(62-56)58(51)59)45-28-26-43(31-53(45)65-55)61(40-19-8-3-9-20-40)41-24-23-36-13-10-11-14-37(36)29-41/h1-35H. The molecule has 0 saturated heterocycles. The quantitative estimate of drug-likeness (QED) is 0.156. The molecule has 0 radical (unpaired) electrons. The van der Waals surface area contributed by atoms with E-state index in [1.807, 2.05) is 36.4 Å². The van der Waals surface area contributed by atoms with Gasteiger partial charge in [-0.2, -0.15) is 0 Å². The van der Waals surface area contributed by atoms with Crippen molar-refractivity contribution < 1.29 is 18.3 Å². The second-order valence-corrected chi connectivity index (χ2v) is 16.9. The molecular weight excluding hydrogens is 799 g/mol. The van der Waals surface area contributed by atoms with Gasteiger partial charge in [-0.25, -0.2) is 0 Å². The van der Waals surface area contributed by atoms with Crippen molar-refractivity contribution in [2.45, 2.75) is 0 Å². The Labute approximate surface area is 373 Å². The van der Waals surface area contributed by atoms with Gasteiger partial charge in [0.05, 0.1) is 0 Å². The number of nitrogens with zero attached hydrogens (tertiary/aromatic N) is 2. The molecule has 0 N–H and O–H groups in total. The average molecular weight is 835 g/mol. The smallest absolute Gasteiger partial charge is 0.261 e. The van der Waals surface area contributed by atoms with Crippen LogP contribution in [0.15, 0.2) is 221 Å². The van der Waals surface area contributed by atoms with Crippen molar-refractivity contribution >= 4 is 112 Å². The van der Waals surface area contributed by atoms with Crippen LogP contribution in [0.4, 0.5) is 34.1 Å². The summed E-state index contributed by atoms with van der Waals surface area (Å²) in [6, 6.07) is 74.1. The lowest BCUT2D eigenvalue weighted by Crippen LogP contribution is -2.57. The molecule has 0 saturated carbocycles. The Morgan fingerprint density at radius 3 is 1.25 bits per heavy atom. The van der Waals surface area contributed by atoms with E-state index in [1.54, 1.807) is 0 Å². The number of hydrogen-bond acceptors (Lipinski definition) is 6. The topological polar surface area (TPSA) is 51.2 Å². The summed E-state index contributed by atoms with van der Waals surface area (Å²) < 4.78 is 27.1. The number of ether oxygens (including phenoxy) is 2. The van der Waals surface area contributed by atoms with Crippen molar-refractivity contribution in [3.63, 3.8) is 0 Å². The lowest BCUT2D eigenvalue weighted by atomic mass is 9.35. The molecule has 0 unspecified atom stereocenters. The van der Waals surface area contributed by atoms with Gasteiger partial charge in [-0.3, -0.25) is 0 Å². The van der Waals surface area contributed by atoms with Gasteiger partial charge in [-0.15, -0.1) is 0 Å². The SMILES string of the molecule is c1ccc(N(c2ccccc2)c2ccc3c(c2)oc2cc4c(cc23)Oc2cccc3c2B4c2cc4oc5cc(N(c6ccccc6)c6ccc7ccccc7c6)ccc5c4cc2O3)cc1. The van der Waals surface area contributed by atoms with E-state index >= 15 is 0 Å². The Kier molecular flexibility index (Phi) is 7.68. The number of furan rings is 2. The van der Waals surface area contributed by atoms with Gasteiger partial charge in [0.25, 0.3) is 6.71 Å². The molecule has 0 fully saturated rings. The third kappa shape index (κ3) is 5.62. The normalized spacial score (nSPS) is 12.5. The molecule has 2 aliphatic heterocycles. The lowest BCUT2D eigenvalue weighted by Gasteiger charge is -2.32. The van der Waals surface area contributed by atoms with Crippen molar-refractivity contribution in [1.82, 2.24) is 0 Å². The van der Waals surface area contributed by atoms with Crippen molar-refractivity contribution in [2.75, 3.05) is 9.80 Å². The summed E-state index contributed by atoms with van der Waals surface area (Å²) in [5, 5.41) is 6.44. The molecule has 304 valence electrons. The van der Waals surface area contributed by atoms with E-state index in [0.717, 1.165) is 117 Å². The molecule has 0 aliphatic carbocycles. The minimum absolute atomic E-state index is 0.178. The van der Waals surface area contributed by atoms with Crippen LogP contribution in [0.5, 0.6) is 23.0 Å². The van der Waals surface area contributed by atoms with Crippen molar-refractivity contribution in [1.29, 1.82) is 0 Å². The number of para-hydroxylation sites is 3. The number of rotatable bonds is 6. The molecule has 10 aromatic carbocycles. The van der Waals surface area contributed by atoms with E-state index in [0.29, 0.717) is 0 Å². The summed E-state index contributed by atoms with van der Waals surface area (Å²) in [5.41, 5.74) is 12.5. The molecule has 0 atom stereocenters. The molecule has 2 aromatic heterocycles. The molecule has 4 heterocycles. The van der Waals surface area contributed by atoms with E-state index in [1.165, 1.54) is 10.8 Å². The molecular formula is C58H35BN2O4. The van der Waals surface area contributed by atoms with E-state index in [-0.39, 0.29) is 6.71 Å². The summed E-state index contributed by atoms with van der Waals surface area (Å²) in [7, 11) is 0. The van der Waals surface area contributed by atoms with Crippen LogP contribution < -0.4 is 35.7 Å². The monoisotopic (exact) mass is 834 g/mol. The van der Waals surface area contributed by atoms with Gasteiger partial charge in [0.2, 0.25) is 0 Å². The zero-order valence-corrected chi connectivity index (χ0v) is 34.8. The van der Waals surface area contributed by atoms with Crippen LogP contribution in [0.25, 0.3) is 54.6 Å². The van der Waals surface area contributed by atoms with E-state index in [9.17, 15) is 0 Å². The maximum Gasteiger partial charge on any atom is 0.261 e.